The SMILES string of the molecule is CN(C)CC(c1ccc(N(C)C(=O)O)cc1)C1(OC(=O)c2ccccc2)CCCCC1. The summed E-state index contributed by atoms with van der Waals surface area (Å²) in [5.41, 5.74) is 1.64. The molecule has 0 aromatic heterocycles. The molecule has 3 rings (SSSR count). The molecule has 0 aliphatic heterocycles. The van der Waals surface area contributed by atoms with Crippen molar-refractivity contribution in [3.05, 3.63) is 65.7 Å². The number of amides is 1. The number of rotatable bonds is 7. The molecule has 0 spiro atoms. The van der Waals surface area contributed by atoms with Gasteiger partial charge in [-0.1, -0.05) is 36.8 Å². The number of carbonyl (C=O) groups is 2. The number of ether oxygens (including phenoxy) is 1. The first kappa shape index (κ1) is 22.8. The van der Waals surface area contributed by atoms with Gasteiger partial charge < -0.3 is 14.7 Å². The highest BCUT2D eigenvalue weighted by Gasteiger charge is 2.44. The Bertz CT molecular complexity index is 874. The Morgan fingerprint density at radius 3 is 2.13 bits per heavy atom. The topological polar surface area (TPSA) is 70.1 Å². The van der Waals surface area contributed by atoms with Gasteiger partial charge in [0.15, 0.2) is 0 Å². The third kappa shape index (κ3) is 5.44. The lowest BCUT2D eigenvalue weighted by atomic mass is 9.72. The summed E-state index contributed by atoms with van der Waals surface area (Å²) < 4.78 is 6.33. The number of nitrogens with zero attached hydrogens (tertiary/aromatic N) is 2. The van der Waals surface area contributed by atoms with Gasteiger partial charge in [-0.15, -0.1) is 0 Å². The molecule has 1 unspecified atom stereocenters. The van der Waals surface area contributed by atoms with E-state index in [1.54, 1.807) is 12.1 Å². The fourth-order valence-electron chi connectivity index (χ4n) is 4.47. The van der Waals surface area contributed by atoms with Crippen molar-refractivity contribution in [2.75, 3.05) is 32.6 Å². The largest absolute Gasteiger partial charge is 0.465 e. The van der Waals surface area contributed by atoms with Crippen LogP contribution in [-0.4, -0.2) is 55.4 Å². The maximum atomic E-state index is 13.1. The van der Waals surface area contributed by atoms with Crippen molar-refractivity contribution < 1.29 is 19.4 Å². The fourth-order valence-corrected chi connectivity index (χ4v) is 4.47. The van der Waals surface area contributed by atoms with Crippen LogP contribution in [0.25, 0.3) is 0 Å². The molecule has 1 aliphatic rings. The van der Waals surface area contributed by atoms with Crippen molar-refractivity contribution in [1.82, 2.24) is 4.90 Å². The standard InChI is InChI=1S/C25H32N2O4/c1-26(2)18-22(19-12-14-21(15-13-19)27(3)24(29)30)25(16-8-5-9-17-25)31-23(28)20-10-6-4-7-11-20/h4,6-7,10-15,22H,5,8-9,16-18H2,1-3H3,(H,29,30). The summed E-state index contributed by atoms with van der Waals surface area (Å²) in [7, 11) is 5.57. The third-order valence-electron chi connectivity index (χ3n) is 6.16. The van der Waals surface area contributed by atoms with Gasteiger partial charge in [0.25, 0.3) is 0 Å². The Hall–Kier alpha value is -2.86. The lowest BCUT2D eigenvalue weighted by molar-refractivity contribution is -0.0575. The lowest BCUT2D eigenvalue weighted by Crippen LogP contribution is -2.46. The summed E-state index contributed by atoms with van der Waals surface area (Å²) in [4.78, 5) is 27.6. The molecule has 1 aliphatic carbocycles. The molecule has 6 heteroatoms. The van der Waals surface area contributed by atoms with Crippen molar-refractivity contribution in [2.45, 2.75) is 43.6 Å². The van der Waals surface area contributed by atoms with Gasteiger partial charge in [-0.2, -0.15) is 0 Å². The van der Waals surface area contributed by atoms with Gasteiger partial charge >= 0.3 is 12.1 Å². The lowest BCUT2D eigenvalue weighted by Gasteiger charge is -2.44. The minimum absolute atomic E-state index is 0.0142. The van der Waals surface area contributed by atoms with Crippen LogP contribution in [0.15, 0.2) is 54.6 Å². The average molecular weight is 425 g/mol. The van der Waals surface area contributed by atoms with Gasteiger partial charge in [0.2, 0.25) is 0 Å². The van der Waals surface area contributed by atoms with Gasteiger partial charge in [-0.25, -0.2) is 9.59 Å². The van der Waals surface area contributed by atoms with E-state index < -0.39 is 11.7 Å². The first-order valence-corrected chi connectivity index (χ1v) is 10.8. The molecular weight excluding hydrogens is 392 g/mol. The number of hydrogen-bond acceptors (Lipinski definition) is 4. The quantitative estimate of drug-likeness (QED) is 0.633. The summed E-state index contributed by atoms with van der Waals surface area (Å²) in [6.07, 6.45) is 3.82. The van der Waals surface area contributed by atoms with Crippen LogP contribution in [0.3, 0.4) is 0 Å². The van der Waals surface area contributed by atoms with Crippen molar-refractivity contribution in [1.29, 1.82) is 0 Å². The Balaban J connectivity index is 1.96. The van der Waals surface area contributed by atoms with Crippen LogP contribution in [0.1, 0.15) is 53.9 Å². The van der Waals surface area contributed by atoms with E-state index in [9.17, 15) is 14.7 Å². The second-order valence-electron chi connectivity index (χ2n) is 8.63. The Morgan fingerprint density at radius 2 is 1.58 bits per heavy atom. The Labute approximate surface area is 184 Å². The zero-order chi connectivity index (χ0) is 22.4. The fraction of sp³-hybridized carbons (Fsp3) is 0.440. The molecule has 31 heavy (non-hydrogen) atoms. The molecule has 0 radical (unpaired) electrons. The van der Waals surface area contributed by atoms with Gasteiger partial charge in [-0.3, -0.25) is 4.90 Å². The molecule has 1 N–H and O–H groups in total. The molecule has 1 amide bonds. The molecule has 2 aromatic rings. The summed E-state index contributed by atoms with van der Waals surface area (Å²) >= 11 is 0. The molecule has 6 nitrogen and oxygen atoms in total. The normalized spacial score (nSPS) is 16.5. The number of esters is 1. The van der Waals surface area contributed by atoms with E-state index in [2.05, 4.69) is 4.90 Å². The van der Waals surface area contributed by atoms with E-state index in [1.807, 2.05) is 56.6 Å². The molecule has 1 saturated carbocycles. The van der Waals surface area contributed by atoms with Crippen LogP contribution in [0, 0.1) is 0 Å². The van der Waals surface area contributed by atoms with Crippen molar-refractivity contribution in [3.63, 3.8) is 0 Å². The van der Waals surface area contributed by atoms with E-state index in [0.29, 0.717) is 11.3 Å². The first-order valence-electron chi connectivity index (χ1n) is 10.8. The van der Waals surface area contributed by atoms with Crippen LogP contribution in [0.4, 0.5) is 10.5 Å². The number of carbonyl (C=O) groups excluding carboxylic acids is 1. The highest BCUT2D eigenvalue weighted by Crippen LogP contribution is 2.44. The highest BCUT2D eigenvalue weighted by atomic mass is 16.6. The Kier molecular flexibility index (Phi) is 7.33. The summed E-state index contributed by atoms with van der Waals surface area (Å²) in [5, 5.41) is 9.25. The van der Waals surface area contributed by atoms with Crippen LogP contribution < -0.4 is 4.90 Å². The minimum Gasteiger partial charge on any atom is -0.465 e. The number of hydrogen-bond donors (Lipinski definition) is 1. The maximum Gasteiger partial charge on any atom is 0.411 e. The molecule has 0 bridgehead atoms. The Morgan fingerprint density at radius 1 is 0.968 bits per heavy atom. The van der Waals surface area contributed by atoms with Crippen LogP contribution >= 0.6 is 0 Å². The van der Waals surface area contributed by atoms with Crippen LogP contribution in [-0.2, 0) is 4.74 Å². The number of carboxylic acid groups (broad SMARTS) is 1. The molecule has 2 aromatic carbocycles. The van der Waals surface area contributed by atoms with E-state index in [-0.39, 0.29) is 11.9 Å². The van der Waals surface area contributed by atoms with Crippen LogP contribution in [0.5, 0.6) is 0 Å². The first-order chi connectivity index (χ1) is 14.8. The monoisotopic (exact) mass is 424 g/mol. The average Bonchev–Trinajstić information content (AvgIpc) is 2.78. The zero-order valence-electron chi connectivity index (χ0n) is 18.6. The van der Waals surface area contributed by atoms with Gasteiger partial charge in [-0.05, 0) is 69.6 Å². The summed E-state index contributed by atoms with van der Waals surface area (Å²) in [6, 6.07) is 16.7. The second-order valence-corrected chi connectivity index (χ2v) is 8.63. The predicted molar refractivity (Wildman–Crippen MR) is 122 cm³/mol. The highest BCUT2D eigenvalue weighted by molar-refractivity contribution is 5.89. The van der Waals surface area contributed by atoms with E-state index in [4.69, 9.17) is 4.74 Å². The smallest absolute Gasteiger partial charge is 0.411 e. The van der Waals surface area contributed by atoms with E-state index >= 15 is 0 Å². The zero-order valence-corrected chi connectivity index (χ0v) is 18.6. The number of likely N-dealkylation sites (N-methyl/N-ethyl adjacent to an activating group) is 1. The minimum atomic E-state index is -1.00. The molecule has 166 valence electrons. The van der Waals surface area contributed by atoms with E-state index in [1.165, 1.54) is 11.9 Å². The van der Waals surface area contributed by atoms with Crippen molar-refractivity contribution >= 4 is 17.7 Å². The predicted octanol–water partition coefficient (Wildman–Crippen LogP) is 5.01. The van der Waals surface area contributed by atoms with Gasteiger partial charge in [0.1, 0.15) is 5.60 Å². The second kappa shape index (κ2) is 9.96. The number of anilines is 1. The van der Waals surface area contributed by atoms with Gasteiger partial charge in [0, 0.05) is 25.2 Å². The molecular formula is C25H32N2O4. The van der Waals surface area contributed by atoms with Gasteiger partial charge in [0.05, 0.1) is 5.56 Å². The number of benzene rings is 2. The molecule has 0 heterocycles. The van der Waals surface area contributed by atoms with Crippen molar-refractivity contribution in [3.8, 4) is 0 Å². The van der Waals surface area contributed by atoms with E-state index in [0.717, 1.165) is 44.2 Å². The summed E-state index contributed by atoms with van der Waals surface area (Å²) in [5.74, 6) is -0.298. The summed E-state index contributed by atoms with van der Waals surface area (Å²) in [6.45, 7) is 0.732. The van der Waals surface area contributed by atoms with Crippen LogP contribution in [0.2, 0.25) is 0 Å². The third-order valence-corrected chi connectivity index (χ3v) is 6.16. The maximum absolute atomic E-state index is 13.1. The van der Waals surface area contributed by atoms with Crippen molar-refractivity contribution in [2.24, 2.45) is 0 Å². The molecule has 1 fully saturated rings. The molecule has 0 saturated heterocycles. The molecule has 1 atom stereocenters.